The van der Waals surface area contributed by atoms with Crippen LogP contribution in [0.25, 0.3) is 11.0 Å². The first-order valence-corrected chi connectivity index (χ1v) is 11.6. The van der Waals surface area contributed by atoms with Crippen LogP contribution in [0, 0.1) is 22.7 Å². The molecule has 8 nitrogen and oxygen atoms in total. The van der Waals surface area contributed by atoms with Crippen LogP contribution in [0.1, 0.15) is 48.9 Å². The first-order chi connectivity index (χ1) is 16.1. The van der Waals surface area contributed by atoms with Gasteiger partial charge < -0.3 is 20.3 Å². The largest absolute Gasteiger partial charge is 0.394 e. The van der Waals surface area contributed by atoms with E-state index in [2.05, 4.69) is 31.2 Å². The molecule has 2 atom stereocenters. The maximum Gasteiger partial charge on any atom is 0.224 e. The average molecular weight is 445 g/mol. The summed E-state index contributed by atoms with van der Waals surface area (Å²) in [5, 5.41) is 23.4. The number of nitrogens with one attached hydrogen (secondary N) is 2. The van der Waals surface area contributed by atoms with E-state index in [0.717, 1.165) is 66.8 Å². The van der Waals surface area contributed by atoms with Crippen molar-refractivity contribution in [2.75, 3.05) is 24.6 Å². The molecule has 1 saturated carbocycles. The van der Waals surface area contributed by atoms with Gasteiger partial charge in [-0.15, -0.1) is 0 Å². The molecular formula is C25H28N6O2. The van der Waals surface area contributed by atoms with E-state index in [1.807, 2.05) is 31.3 Å². The highest BCUT2D eigenvalue weighted by atomic mass is 16.3. The lowest BCUT2D eigenvalue weighted by Crippen LogP contribution is -2.49. The van der Waals surface area contributed by atoms with Crippen LogP contribution in [0.3, 0.4) is 0 Å². The molecule has 5 rings (SSSR count). The Kier molecular flexibility index (Phi) is 5.51. The smallest absolute Gasteiger partial charge is 0.224 e. The Hall–Kier alpha value is -3.44. The Balaban J connectivity index is 1.33. The third-order valence-corrected chi connectivity index (χ3v) is 7.30. The zero-order chi connectivity index (χ0) is 23.0. The molecule has 1 saturated heterocycles. The summed E-state index contributed by atoms with van der Waals surface area (Å²) in [6.45, 7) is 3.38. The summed E-state index contributed by atoms with van der Waals surface area (Å²) < 4.78 is 0. The lowest BCUT2D eigenvalue weighted by molar-refractivity contribution is -0.129. The Morgan fingerprint density at radius 3 is 2.97 bits per heavy atom. The highest BCUT2D eigenvalue weighted by Crippen LogP contribution is 2.56. The molecule has 1 aromatic carbocycles. The molecular weight excluding hydrogens is 416 g/mol. The third-order valence-electron chi connectivity index (χ3n) is 7.30. The lowest BCUT2D eigenvalue weighted by Gasteiger charge is -2.39. The van der Waals surface area contributed by atoms with Gasteiger partial charge in [-0.1, -0.05) is 13.0 Å². The van der Waals surface area contributed by atoms with Crippen LogP contribution in [0.4, 0.5) is 5.82 Å². The zero-order valence-electron chi connectivity index (χ0n) is 18.7. The number of rotatable bonds is 6. The van der Waals surface area contributed by atoms with Gasteiger partial charge in [0.1, 0.15) is 17.8 Å². The fraction of sp³-hybridized carbons (Fsp3) is 0.440. The molecule has 170 valence electrons. The van der Waals surface area contributed by atoms with Crippen molar-refractivity contribution in [2.24, 2.45) is 11.3 Å². The fourth-order valence-corrected chi connectivity index (χ4v) is 5.34. The van der Waals surface area contributed by atoms with Crippen molar-refractivity contribution in [1.29, 1.82) is 5.26 Å². The van der Waals surface area contributed by atoms with Crippen LogP contribution in [0.15, 0.2) is 36.8 Å². The number of aryl methyl sites for hydroxylation is 1. The standard InChI is InChI=1S/C25H28N6O2/c1-2-17-11-16(12-26)3-4-18(17)21(13-32)30-24(33)20-6-10-31(14-25(20)7-8-25)23-19-5-9-27-22(19)28-15-29-23/h3-5,9,11,15,20-21,32H,2,6-8,10,13-14H2,1H3,(H,30,33)(H,27,28,29)/t20-,21+/m1/s1. The minimum Gasteiger partial charge on any atom is -0.394 e. The second-order valence-corrected chi connectivity index (χ2v) is 9.19. The quantitative estimate of drug-likeness (QED) is 0.538. The van der Waals surface area contributed by atoms with Crippen molar-refractivity contribution in [2.45, 2.75) is 38.6 Å². The summed E-state index contributed by atoms with van der Waals surface area (Å²) in [4.78, 5) is 27.7. The molecule has 1 aliphatic carbocycles. The fourth-order valence-electron chi connectivity index (χ4n) is 5.34. The van der Waals surface area contributed by atoms with Crippen LogP contribution in [-0.4, -0.2) is 45.7 Å². The van der Waals surface area contributed by atoms with E-state index in [-0.39, 0.29) is 23.8 Å². The van der Waals surface area contributed by atoms with Gasteiger partial charge in [0.25, 0.3) is 0 Å². The number of hydrogen-bond donors (Lipinski definition) is 3. The van der Waals surface area contributed by atoms with Crippen molar-refractivity contribution >= 4 is 22.8 Å². The number of fused-ring (bicyclic) bond motifs is 1. The maximum absolute atomic E-state index is 13.4. The van der Waals surface area contributed by atoms with Crippen LogP contribution < -0.4 is 10.2 Å². The number of aromatic amines is 1. The van der Waals surface area contributed by atoms with Gasteiger partial charge in [0, 0.05) is 25.2 Å². The first kappa shape index (κ1) is 21.4. The van der Waals surface area contributed by atoms with E-state index < -0.39 is 6.04 Å². The number of carbonyl (C=O) groups is 1. The summed E-state index contributed by atoms with van der Waals surface area (Å²) in [6.07, 6.45) is 6.97. The third kappa shape index (κ3) is 3.83. The van der Waals surface area contributed by atoms with Gasteiger partial charge in [-0.05, 0) is 60.4 Å². The summed E-state index contributed by atoms with van der Waals surface area (Å²) >= 11 is 0. The predicted molar refractivity (Wildman–Crippen MR) is 124 cm³/mol. The lowest BCUT2D eigenvalue weighted by atomic mass is 9.81. The van der Waals surface area contributed by atoms with E-state index in [1.165, 1.54) is 0 Å². The Labute approximate surface area is 192 Å². The number of H-pyrrole nitrogens is 1. The summed E-state index contributed by atoms with van der Waals surface area (Å²) in [7, 11) is 0. The summed E-state index contributed by atoms with van der Waals surface area (Å²) in [6, 6.07) is 9.12. The predicted octanol–water partition coefficient (Wildman–Crippen LogP) is 2.85. The van der Waals surface area contributed by atoms with Crippen molar-refractivity contribution in [1.82, 2.24) is 20.3 Å². The van der Waals surface area contributed by atoms with E-state index in [9.17, 15) is 15.2 Å². The number of nitriles is 1. The van der Waals surface area contributed by atoms with Gasteiger partial charge in [-0.25, -0.2) is 9.97 Å². The van der Waals surface area contributed by atoms with Crippen molar-refractivity contribution in [3.63, 3.8) is 0 Å². The minimum atomic E-state index is -0.477. The number of amides is 1. The Morgan fingerprint density at radius 1 is 1.39 bits per heavy atom. The first-order valence-electron chi connectivity index (χ1n) is 11.6. The van der Waals surface area contributed by atoms with Crippen LogP contribution in [-0.2, 0) is 11.2 Å². The molecule has 3 heterocycles. The minimum absolute atomic E-state index is 0.00657. The van der Waals surface area contributed by atoms with E-state index in [1.54, 1.807) is 12.4 Å². The molecule has 1 aliphatic heterocycles. The summed E-state index contributed by atoms with van der Waals surface area (Å²) in [5.41, 5.74) is 3.22. The molecule has 2 fully saturated rings. The van der Waals surface area contributed by atoms with Gasteiger partial charge >= 0.3 is 0 Å². The number of hydrogen-bond acceptors (Lipinski definition) is 6. The molecule has 0 radical (unpaired) electrons. The molecule has 2 aliphatic rings. The molecule has 3 aromatic rings. The number of anilines is 1. The van der Waals surface area contributed by atoms with Gasteiger partial charge in [-0.3, -0.25) is 4.79 Å². The maximum atomic E-state index is 13.4. The van der Waals surface area contributed by atoms with E-state index in [0.29, 0.717) is 5.56 Å². The molecule has 0 bridgehead atoms. The van der Waals surface area contributed by atoms with Crippen molar-refractivity contribution < 1.29 is 9.90 Å². The highest BCUT2D eigenvalue weighted by molar-refractivity contribution is 5.88. The molecule has 2 aromatic heterocycles. The van der Waals surface area contributed by atoms with E-state index >= 15 is 0 Å². The van der Waals surface area contributed by atoms with Crippen LogP contribution in [0.5, 0.6) is 0 Å². The number of nitrogens with zero attached hydrogens (tertiary/aromatic N) is 4. The molecule has 0 unspecified atom stereocenters. The number of piperidine rings is 1. The van der Waals surface area contributed by atoms with Crippen LogP contribution >= 0.6 is 0 Å². The number of aromatic nitrogens is 3. The average Bonchev–Trinajstić information content (AvgIpc) is 3.42. The molecule has 33 heavy (non-hydrogen) atoms. The SMILES string of the molecule is CCc1cc(C#N)ccc1[C@H](CO)NC(=O)[C@H]1CCN(c2ncnc3[nH]ccc23)CC12CC2. The van der Waals surface area contributed by atoms with E-state index in [4.69, 9.17) is 0 Å². The summed E-state index contributed by atoms with van der Waals surface area (Å²) in [5.74, 6) is 0.840. The highest BCUT2D eigenvalue weighted by Gasteiger charge is 2.55. The molecule has 1 amide bonds. The normalized spacial score (nSPS) is 19.9. The van der Waals surface area contributed by atoms with Gasteiger partial charge in [0.05, 0.1) is 29.7 Å². The van der Waals surface area contributed by atoms with Gasteiger partial charge in [0.2, 0.25) is 5.91 Å². The van der Waals surface area contributed by atoms with Gasteiger partial charge in [0.15, 0.2) is 0 Å². The number of benzene rings is 1. The topological polar surface area (TPSA) is 118 Å². The van der Waals surface area contributed by atoms with Gasteiger partial charge in [-0.2, -0.15) is 5.26 Å². The number of aliphatic hydroxyl groups is 1. The van der Waals surface area contributed by atoms with Crippen molar-refractivity contribution in [3.8, 4) is 6.07 Å². The Morgan fingerprint density at radius 2 is 2.24 bits per heavy atom. The number of carbonyl (C=O) groups excluding carboxylic acids is 1. The molecule has 8 heteroatoms. The monoisotopic (exact) mass is 444 g/mol. The second-order valence-electron chi connectivity index (χ2n) is 9.19. The zero-order valence-corrected chi connectivity index (χ0v) is 18.7. The van der Waals surface area contributed by atoms with Crippen LogP contribution in [0.2, 0.25) is 0 Å². The number of aliphatic hydroxyl groups excluding tert-OH is 1. The van der Waals surface area contributed by atoms with Crippen molar-refractivity contribution in [3.05, 3.63) is 53.5 Å². The molecule has 3 N–H and O–H groups in total. The second kappa shape index (κ2) is 8.49. The Bertz CT molecular complexity index is 1230. The molecule has 1 spiro atoms.